The molecule has 0 amide bonds. The number of anilines is 1. The number of benzene rings is 1. The van der Waals surface area contributed by atoms with Gasteiger partial charge in [0.05, 0.1) is 9.82 Å². The predicted molar refractivity (Wildman–Crippen MR) is 78.3 cm³/mol. The van der Waals surface area contributed by atoms with Crippen molar-refractivity contribution in [3.8, 4) is 0 Å². The molecule has 1 aromatic rings. The van der Waals surface area contributed by atoms with Gasteiger partial charge in [-0.15, -0.1) is 0 Å². The van der Waals surface area contributed by atoms with E-state index < -0.39 is 20.5 Å². The van der Waals surface area contributed by atoms with E-state index in [1.54, 1.807) is 0 Å². The zero-order valence-corrected chi connectivity index (χ0v) is 12.4. The zero-order chi connectivity index (χ0) is 15.8. The van der Waals surface area contributed by atoms with Crippen LogP contribution in [-0.4, -0.2) is 25.4 Å². The number of nitrogens with zero attached hydrogens (tertiary/aromatic N) is 1. The van der Waals surface area contributed by atoms with E-state index in [2.05, 4.69) is 5.32 Å². The summed E-state index contributed by atoms with van der Waals surface area (Å²) in [5, 5.41) is 19.2. The van der Waals surface area contributed by atoms with Gasteiger partial charge in [-0.3, -0.25) is 10.1 Å². The molecule has 5 N–H and O–H groups in total. The van der Waals surface area contributed by atoms with Gasteiger partial charge in [0.25, 0.3) is 5.69 Å². The highest BCUT2D eigenvalue weighted by molar-refractivity contribution is 7.89. The van der Waals surface area contributed by atoms with Crippen molar-refractivity contribution >= 4 is 21.4 Å². The second kappa shape index (κ2) is 5.24. The second-order valence-corrected chi connectivity index (χ2v) is 7.06. The standard InChI is InChI=1S/C12H18N4O4S/c1-12(7-13,8-2-3-8)15-10-5-4-9(21(14,19)20)6-11(10)16(17)18/h4-6,8,15H,2-3,7,13H2,1H3,(H2,14,19,20). The fourth-order valence-corrected chi connectivity index (χ4v) is 2.83. The number of hydrogen-bond donors (Lipinski definition) is 3. The largest absolute Gasteiger partial charge is 0.373 e. The van der Waals surface area contributed by atoms with E-state index in [0.717, 1.165) is 18.9 Å². The van der Waals surface area contributed by atoms with Crippen LogP contribution in [0.15, 0.2) is 23.1 Å². The number of nitrogens with one attached hydrogen (secondary N) is 1. The first kappa shape index (κ1) is 15.7. The molecule has 0 radical (unpaired) electrons. The first-order valence-corrected chi connectivity index (χ1v) is 8.01. The van der Waals surface area contributed by atoms with Crippen molar-refractivity contribution in [3.05, 3.63) is 28.3 Å². The van der Waals surface area contributed by atoms with Crippen LogP contribution in [0.25, 0.3) is 0 Å². The van der Waals surface area contributed by atoms with Crippen LogP contribution in [0, 0.1) is 16.0 Å². The van der Waals surface area contributed by atoms with Crippen molar-refractivity contribution in [1.29, 1.82) is 0 Å². The van der Waals surface area contributed by atoms with Crippen LogP contribution in [0.3, 0.4) is 0 Å². The predicted octanol–water partition coefficient (Wildman–Crippen LogP) is 0.782. The molecule has 1 aromatic carbocycles. The molecular weight excluding hydrogens is 296 g/mol. The van der Waals surface area contributed by atoms with Gasteiger partial charge >= 0.3 is 0 Å². The average molecular weight is 314 g/mol. The van der Waals surface area contributed by atoms with Gasteiger partial charge in [0.1, 0.15) is 5.69 Å². The highest BCUT2D eigenvalue weighted by Gasteiger charge is 2.41. The lowest BCUT2D eigenvalue weighted by molar-refractivity contribution is -0.384. The molecule has 21 heavy (non-hydrogen) atoms. The van der Waals surface area contributed by atoms with Crippen LogP contribution in [0.1, 0.15) is 19.8 Å². The Hall–Kier alpha value is -1.71. The Kier molecular flexibility index (Phi) is 3.91. The highest BCUT2D eigenvalue weighted by atomic mass is 32.2. The smallest absolute Gasteiger partial charge is 0.293 e. The van der Waals surface area contributed by atoms with Crippen molar-refractivity contribution in [3.63, 3.8) is 0 Å². The van der Waals surface area contributed by atoms with Crippen molar-refractivity contribution in [2.75, 3.05) is 11.9 Å². The second-order valence-electron chi connectivity index (χ2n) is 5.50. The number of rotatable bonds is 6. The maximum atomic E-state index is 11.3. The van der Waals surface area contributed by atoms with Gasteiger partial charge in [-0.1, -0.05) is 0 Å². The molecule has 0 heterocycles. The SMILES string of the molecule is CC(CN)(Nc1ccc(S(N)(=O)=O)cc1[N+](=O)[O-])C1CC1. The number of sulfonamides is 1. The summed E-state index contributed by atoms with van der Waals surface area (Å²) in [5.41, 5.74) is 5.23. The van der Waals surface area contributed by atoms with Crippen molar-refractivity contribution < 1.29 is 13.3 Å². The minimum atomic E-state index is -3.99. The van der Waals surface area contributed by atoms with E-state index in [4.69, 9.17) is 10.9 Å². The molecule has 8 nitrogen and oxygen atoms in total. The number of nitro groups is 1. The van der Waals surface area contributed by atoms with Gasteiger partial charge in [-0.25, -0.2) is 13.6 Å². The molecule has 0 spiro atoms. The highest BCUT2D eigenvalue weighted by Crippen LogP contribution is 2.42. The van der Waals surface area contributed by atoms with Crippen LogP contribution in [-0.2, 0) is 10.0 Å². The number of nitrogens with two attached hydrogens (primary N) is 2. The minimum Gasteiger partial charge on any atom is -0.373 e. The van der Waals surface area contributed by atoms with E-state index in [0.29, 0.717) is 12.5 Å². The summed E-state index contributed by atoms with van der Waals surface area (Å²) in [5.74, 6) is 0.361. The molecule has 116 valence electrons. The first-order chi connectivity index (χ1) is 9.67. The van der Waals surface area contributed by atoms with E-state index in [1.165, 1.54) is 12.1 Å². The topological polar surface area (TPSA) is 141 Å². The summed E-state index contributed by atoms with van der Waals surface area (Å²) in [6.07, 6.45) is 2.04. The summed E-state index contributed by atoms with van der Waals surface area (Å²) >= 11 is 0. The van der Waals surface area contributed by atoms with Crippen LogP contribution in [0.4, 0.5) is 11.4 Å². The summed E-state index contributed by atoms with van der Waals surface area (Å²) in [7, 11) is -3.99. The third-order valence-corrected chi connectivity index (χ3v) is 4.73. The Bertz CT molecular complexity index is 672. The monoisotopic (exact) mass is 314 g/mol. The fraction of sp³-hybridized carbons (Fsp3) is 0.500. The van der Waals surface area contributed by atoms with Gasteiger partial charge in [0, 0.05) is 18.2 Å². The Morgan fingerprint density at radius 3 is 2.52 bits per heavy atom. The van der Waals surface area contributed by atoms with Gasteiger partial charge in [0.15, 0.2) is 0 Å². The molecular formula is C12H18N4O4S. The van der Waals surface area contributed by atoms with Gasteiger partial charge in [-0.05, 0) is 37.8 Å². The maximum Gasteiger partial charge on any atom is 0.293 e. The van der Waals surface area contributed by atoms with E-state index in [1.807, 2.05) is 6.92 Å². The molecule has 0 bridgehead atoms. The Morgan fingerprint density at radius 1 is 1.48 bits per heavy atom. The molecule has 1 fully saturated rings. The number of hydrogen-bond acceptors (Lipinski definition) is 6. The summed E-state index contributed by atoms with van der Waals surface area (Å²) in [6.45, 7) is 2.23. The molecule has 0 saturated heterocycles. The van der Waals surface area contributed by atoms with Crippen LogP contribution >= 0.6 is 0 Å². The lowest BCUT2D eigenvalue weighted by Crippen LogP contribution is -2.44. The molecule has 1 saturated carbocycles. The molecule has 9 heteroatoms. The quantitative estimate of drug-likeness (QED) is 0.523. The average Bonchev–Trinajstić information content (AvgIpc) is 3.22. The lowest BCUT2D eigenvalue weighted by Gasteiger charge is -2.30. The molecule has 1 aliphatic carbocycles. The number of primary sulfonamides is 1. The van der Waals surface area contributed by atoms with Gasteiger partial charge < -0.3 is 11.1 Å². The van der Waals surface area contributed by atoms with Crippen LogP contribution in [0.2, 0.25) is 0 Å². The third-order valence-electron chi connectivity index (χ3n) is 3.82. The first-order valence-electron chi connectivity index (χ1n) is 6.47. The van der Waals surface area contributed by atoms with E-state index >= 15 is 0 Å². The molecule has 2 rings (SSSR count). The minimum absolute atomic E-state index is 0.243. The zero-order valence-electron chi connectivity index (χ0n) is 11.6. The lowest BCUT2D eigenvalue weighted by atomic mass is 9.95. The normalized spacial score (nSPS) is 18.0. The van der Waals surface area contributed by atoms with E-state index in [-0.39, 0.29) is 16.3 Å². The number of nitro benzene ring substituents is 1. The Balaban J connectivity index is 2.42. The van der Waals surface area contributed by atoms with Crippen molar-refractivity contribution in [2.24, 2.45) is 16.8 Å². The van der Waals surface area contributed by atoms with Crippen LogP contribution < -0.4 is 16.2 Å². The van der Waals surface area contributed by atoms with Crippen molar-refractivity contribution in [2.45, 2.75) is 30.2 Å². The van der Waals surface area contributed by atoms with E-state index in [9.17, 15) is 18.5 Å². The van der Waals surface area contributed by atoms with Crippen LogP contribution in [0.5, 0.6) is 0 Å². The van der Waals surface area contributed by atoms with Gasteiger partial charge in [-0.2, -0.15) is 0 Å². The third kappa shape index (κ3) is 3.31. The fourth-order valence-electron chi connectivity index (χ4n) is 2.29. The summed E-state index contributed by atoms with van der Waals surface area (Å²) < 4.78 is 22.6. The molecule has 0 aliphatic heterocycles. The van der Waals surface area contributed by atoms with Gasteiger partial charge in [0.2, 0.25) is 10.0 Å². The summed E-state index contributed by atoms with van der Waals surface area (Å²) in [4.78, 5) is 10.2. The Labute approximate surface area is 122 Å². The Morgan fingerprint density at radius 2 is 2.10 bits per heavy atom. The molecule has 1 aliphatic rings. The molecule has 1 unspecified atom stereocenters. The van der Waals surface area contributed by atoms with Crippen molar-refractivity contribution in [1.82, 2.24) is 0 Å². The summed E-state index contributed by atoms with van der Waals surface area (Å²) in [6, 6.07) is 3.56. The molecule has 0 aromatic heterocycles. The molecule has 1 atom stereocenters. The maximum absolute atomic E-state index is 11.3.